The topological polar surface area (TPSA) is 49.7 Å². The Hall–Kier alpha value is -3.08. The van der Waals surface area contributed by atoms with Crippen LogP contribution in [-0.4, -0.2) is 37.1 Å². The Morgan fingerprint density at radius 1 is 1.03 bits per heavy atom. The van der Waals surface area contributed by atoms with Gasteiger partial charge < -0.3 is 15.1 Å². The zero-order valence-corrected chi connectivity index (χ0v) is 18.9. The number of hydrogen-bond acceptors (Lipinski definition) is 2. The van der Waals surface area contributed by atoms with Crippen LogP contribution in [0.4, 0.5) is 16.2 Å². The summed E-state index contributed by atoms with van der Waals surface area (Å²) in [5, 5.41) is 4.35. The van der Waals surface area contributed by atoms with Crippen LogP contribution in [0.25, 0.3) is 10.9 Å². The number of anilines is 2. The van der Waals surface area contributed by atoms with Crippen LogP contribution in [0.2, 0.25) is 0 Å². The van der Waals surface area contributed by atoms with Crippen molar-refractivity contribution in [2.75, 3.05) is 36.4 Å². The predicted octanol–water partition coefficient (Wildman–Crippen LogP) is 4.97. The Bertz CT molecular complexity index is 1070. The first-order valence-corrected chi connectivity index (χ1v) is 11.4. The lowest BCUT2D eigenvalue weighted by Crippen LogP contribution is -2.50. The summed E-state index contributed by atoms with van der Waals surface area (Å²) in [6, 6.07) is 17.0. The van der Waals surface area contributed by atoms with Crippen molar-refractivity contribution in [3.8, 4) is 0 Å². The monoisotopic (exact) mass is 417 g/mol. The number of benzene rings is 2. The molecule has 4 rings (SSSR count). The number of aromatic nitrogens is 1. The molecule has 0 bridgehead atoms. The largest absolute Gasteiger partial charge is 0.367 e. The van der Waals surface area contributed by atoms with Crippen LogP contribution in [0.5, 0.6) is 0 Å². The normalized spacial score (nSPS) is 14.2. The van der Waals surface area contributed by atoms with Crippen molar-refractivity contribution in [3.63, 3.8) is 0 Å². The van der Waals surface area contributed by atoms with Gasteiger partial charge in [-0.1, -0.05) is 37.6 Å². The number of aromatic amines is 1. The SMILES string of the molecule is CCCCc1ccc(NC(=O)N2CCN(c3cc(C)[nH+]c4ccccc34)CC2)c(C)c1. The summed E-state index contributed by atoms with van der Waals surface area (Å²) in [6.07, 6.45) is 3.49. The van der Waals surface area contributed by atoms with E-state index in [2.05, 4.69) is 78.4 Å². The van der Waals surface area contributed by atoms with Crippen LogP contribution in [0.1, 0.15) is 36.6 Å². The lowest BCUT2D eigenvalue weighted by Gasteiger charge is -2.36. The van der Waals surface area contributed by atoms with Gasteiger partial charge in [-0.3, -0.25) is 0 Å². The second kappa shape index (κ2) is 9.38. The zero-order valence-electron chi connectivity index (χ0n) is 18.9. The maximum Gasteiger partial charge on any atom is 0.321 e. The van der Waals surface area contributed by atoms with Gasteiger partial charge >= 0.3 is 6.03 Å². The van der Waals surface area contributed by atoms with E-state index in [4.69, 9.17) is 0 Å². The average Bonchev–Trinajstić information content (AvgIpc) is 2.78. The molecule has 1 aromatic heterocycles. The molecule has 2 aromatic carbocycles. The van der Waals surface area contributed by atoms with Gasteiger partial charge in [-0.2, -0.15) is 0 Å². The zero-order chi connectivity index (χ0) is 21.8. The number of carbonyl (C=O) groups is 1. The van der Waals surface area contributed by atoms with Crippen molar-refractivity contribution < 1.29 is 9.78 Å². The molecular weight excluding hydrogens is 384 g/mol. The molecule has 2 heterocycles. The van der Waals surface area contributed by atoms with Gasteiger partial charge in [-0.05, 0) is 43.0 Å². The highest BCUT2D eigenvalue weighted by Gasteiger charge is 2.24. The molecule has 5 nitrogen and oxygen atoms in total. The lowest BCUT2D eigenvalue weighted by molar-refractivity contribution is -0.354. The summed E-state index contributed by atoms with van der Waals surface area (Å²) in [6.45, 7) is 9.46. The number of pyridine rings is 1. The Morgan fingerprint density at radius 3 is 2.55 bits per heavy atom. The number of urea groups is 1. The predicted molar refractivity (Wildman–Crippen MR) is 128 cm³/mol. The second-order valence-electron chi connectivity index (χ2n) is 8.54. The Kier molecular flexibility index (Phi) is 6.40. The maximum atomic E-state index is 12.9. The maximum absolute atomic E-state index is 12.9. The molecule has 0 atom stereocenters. The van der Waals surface area contributed by atoms with Crippen molar-refractivity contribution in [2.45, 2.75) is 40.0 Å². The van der Waals surface area contributed by atoms with E-state index in [1.807, 2.05) is 11.0 Å². The average molecular weight is 418 g/mol. The van der Waals surface area contributed by atoms with Gasteiger partial charge in [0.25, 0.3) is 0 Å². The number of unbranched alkanes of at least 4 members (excludes halogenated alkanes) is 1. The fourth-order valence-electron chi connectivity index (χ4n) is 4.36. The number of piperazine rings is 1. The number of carbonyl (C=O) groups excluding carboxylic acids is 1. The smallest absolute Gasteiger partial charge is 0.321 e. The van der Waals surface area contributed by atoms with E-state index in [1.165, 1.54) is 29.5 Å². The van der Waals surface area contributed by atoms with Gasteiger partial charge in [0.15, 0.2) is 5.69 Å². The molecule has 5 heteroatoms. The molecule has 3 aromatic rings. The van der Waals surface area contributed by atoms with Crippen LogP contribution in [-0.2, 0) is 6.42 Å². The minimum atomic E-state index is -0.00788. The van der Waals surface area contributed by atoms with Gasteiger partial charge in [0.1, 0.15) is 0 Å². The standard InChI is InChI=1S/C26H32N4O/c1-4-5-8-21-11-12-23(19(2)17-21)28-26(31)30-15-13-29(14-16-30)25-18-20(3)27-24-10-7-6-9-22(24)25/h6-7,9-12,17-18H,4-5,8,13-16H2,1-3H3,(H,28,31)/p+1. The van der Waals surface area contributed by atoms with E-state index in [9.17, 15) is 4.79 Å². The molecule has 0 aliphatic carbocycles. The Morgan fingerprint density at radius 2 is 1.81 bits per heavy atom. The van der Waals surface area contributed by atoms with E-state index in [0.717, 1.165) is 42.0 Å². The number of hydrogen-bond donors (Lipinski definition) is 1. The summed E-state index contributed by atoms with van der Waals surface area (Å²) in [5.41, 5.74) is 6.91. The van der Waals surface area contributed by atoms with E-state index in [0.29, 0.717) is 13.1 Å². The molecule has 1 aliphatic rings. The van der Waals surface area contributed by atoms with Gasteiger partial charge in [-0.25, -0.2) is 9.78 Å². The van der Waals surface area contributed by atoms with E-state index >= 15 is 0 Å². The highest BCUT2D eigenvalue weighted by molar-refractivity contribution is 5.91. The van der Waals surface area contributed by atoms with E-state index in [-0.39, 0.29) is 6.03 Å². The molecule has 162 valence electrons. The first kappa shape index (κ1) is 21.2. The first-order chi connectivity index (χ1) is 15.0. The summed E-state index contributed by atoms with van der Waals surface area (Å²) in [4.78, 5) is 20.6. The fourth-order valence-corrected chi connectivity index (χ4v) is 4.36. The summed E-state index contributed by atoms with van der Waals surface area (Å²) in [7, 11) is 0. The highest BCUT2D eigenvalue weighted by Crippen LogP contribution is 2.26. The fraction of sp³-hybridized carbons (Fsp3) is 0.385. The molecular formula is C26H33N4O+. The van der Waals surface area contributed by atoms with Crippen molar-refractivity contribution >= 4 is 28.3 Å². The molecule has 0 radical (unpaired) electrons. The summed E-state index contributed by atoms with van der Waals surface area (Å²) < 4.78 is 0. The minimum Gasteiger partial charge on any atom is -0.367 e. The van der Waals surface area contributed by atoms with Crippen molar-refractivity contribution in [1.29, 1.82) is 0 Å². The number of fused-ring (bicyclic) bond motifs is 1. The third-order valence-electron chi connectivity index (χ3n) is 6.15. The van der Waals surface area contributed by atoms with E-state index in [1.54, 1.807) is 0 Å². The van der Waals surface area contributed by atoms with Crippen LogP contribution < -0.4 is 15.2 Å². The molecule has 1 aliphatic heterocycles. The molecule has 0 spiro atoms. The number of amides is 2. The van der Waals surface area contributed by atoms with Crippen LogP contribution in [0.15, 0.2) is 48.5 Å². The number of H-pyrrole nitrogens is 1. The first-order valence-electron chi connectivity index (χ1n) is 11.4. The van der Waals surface area contributed by atoms with Gasteiger partial charge in [0, 0.05) is 50.9 Å². The number of rotatable bonds is 5. The number of nitrogens with zero attached hydrogens (tertiary/aromatic N) is 2. The third kappa shape index (κ3) is 4.82. The summed E-state index contributed by atoms with van der Waals surface area (Å²) >= 11 is 0. The molecule has 1 saturated heterocycles. The third-order valence-corrected chi connectivity index (χ3v) is 6.15. The van der Waals surface area contributed by atoms with Gasteiger partial charge in [0.2, 0.25) is 5.52 Å². The number of nitrogens with one attached hydrogen (secondary N) is 2. The molecule has 1 fully saturated rings. The molecule has 2 amide bonds. The molecule has 2 N–H and O–H groups in total. The molecule has 0 unspecified atom stereocenters. The van der Waals surface area contributed by atoms with Crippen molar-refractivity contribution in [1.82, 2.24) is 4.90 Å². The van der Waals surface area contributed by atoms with Crippen LogP contribution in [0.3, 0.4) is 0 Å². The number of para-hydroxylation sites is 1. The molecule has 0 saturated carbocycles. The van der Waals surface area contributed by atoms with Crippen LogP contribution in [0, 0.1) is 13.8 Å². The van der Waals surface area contributed by atoms with Gasteiger partial charge in [-0.15, -0.1) is 0 Å². The van der Waals surface area contributed by atoms with Gasteiger partial charge in [0.05, 0.1) is 11.1 Å². The quantitative estimate of drug-likeness (QED) is 0.637. The van der Waals surface area contributed by atoms with Crippen molar-refractivity contribution in [3.05, 3.63) is 65.4 Å². The second-order valence-corrected chi connectivity index (χ2v) is 8.54. The van der Waals surface area contributed by atoms with E-state index < -0.39 is 0 Å². The minimum absolute atomic E-state index is 0.00788. The summed E-state index contributed by atoms with van der Waals surface area (Å²) in [5.74, 6) is 0. The molecule has 31 heavy (non-hydrogen) atoms. The highest BCUT2D eigenvalue weighted by atomic mass is 16.2. The number of aryl methyl sites for hydroxylation is 3. The van der Waals surface area contributed by atoms with Crippen molar-refractivity contribution in [2.24, 2.45) is 0 Å². The Balaban J connectivity index is 1.40. The van der Waals surface area contributed by atoms with Crippen LogP contribution >= 0.6 is 0 Å². The lowest BCUT2D eigenvalue weighted by atomic mass is 10.0. The Labute approximate surface area is 185 Å².